The van der Waals surface area contributed by atoms with Gasteiger partial charge in [0.2, 0.25) is 5.91 Å². The van der Waals surface area contributed by atoms with E-state index in [9.17, 15) is 14.0 Å². The number of thioether (sulfide) groups is 1. The molecule has 4 nitrogen and oxygen atoms in total. The van der Waals surface area contributed by atoms with Crippen molar-refractivity contribution in [2.75, 3.05) is 10.6 Å². The minimum Gasteiger partial charge on any atom is -0.325 e. The van der Waals surface area contributed by atoms with Gasteiger partial charge in [0.05, 0.1) is 10.8 Å². The second-order valence-electron chi connectivity index (χ2n) is 7.03. The standard InChI is InChI=1S/C24H23FN2O2S/c1-15-11-12-22(16(2)13-15)27-23(28)17(3)30-19-8-6-7-18(14-19)26-24(29)20-9-4-5-10-21(20)25/h4-14,17H,1-3H3,(H,26,29)(H,27,28). The summed E-state index contributed by atoms with van der Waals surface area (Å²) in [6.07, 6.45) is 0. The van der Waals surface area contributed by atoms with E-state index < -0.39 is 11.7 Å². The lowest BCUT2D eigenvalue weighted by Gasteiger charge is -2.14. The van der Waals surface area contributed by atoms with Crippen molar-refractivity contribution in [2.45, 2.75) is 30.9 Å². The van der Waals surface area contributed by atoms with E-state index in [1.54, 1.807) is 24.3 Å². The molecule has 3 aromatic carbocycles. The van der Waals surface area contributed by atoms with Crippen LogP contribution in [0.15, 0.2) is 71.6 Å². The number of anilines is 2. The summed E-state index contributed by atoms with van der Waals surface area (Å²) < 4.78 is 13.8. The smallest absolute Gasteiger partial charge is 0.258 e. The number of benzene rings is 3. The fourth-order valence-electron chi connectivity index (χ4n) is 2.94. The van der Waals surface area contributed by atoms with E-state index in [0.29, 0.717) is 5.69 Å². The maximum Gasteiger partial charge on any atom is 0.258 e. The minimum absolute atomic E-state index is 0.0169. The van der Waals surface area contributed by atoms with Crippen molar-refractivity contribution in [3.63, 3.8) is 0 Å². The highest BCUT2D eigenvalue weighted by molar-refractivity contribution is 8.00. The molecule has 0 fully saturated rings. The molecule has 30 heavy (non-hydrogen) atoms. The summed E-state index contributed by atoms with van der Waals surface area (Å²) >= 11 is 1.38. The van der Waals surface area contributed by atoms with Gasteiger partial charge in [-0.25, -0.2) is 4.39 Å². The monoisotopic (exact) mass is 422 g/mol. The zero-order chi connectivity index (χ0) is 21.7. The molecule has 0 heterocycles. The number of nitrogens with one attached hydrogen (secondary N) is 2. The molecule has 1 atom stereocenters. The summed E-state index contributed by atoms with van der Waals surface area (Å²) in [5, 5.41) is 5.32. The van der Waals surface area contributed by atoms with Gasteiger partial charge in [-0.2, -0.15) is 0 Å². The average molecular weight is 423 g/mol. The Bertz CT molecular complexity index is 1080. The fourth-order valence-corrected chi connectivity index (χ4v) is 3.86. The van der Waals surface area contributed by atoms with Crippen LogP contribution in [0.3, 0.4) is 0 Å². The van der Waals surface area contributed by atoms with Crippen LogP contribution < -0.4 is 10.6 Å². The van der Waals surface area contributed by atoms with Gasteiger partial charge in [-0.1, -0.05) is 35.9 Å². The van der Waals surface area contributed by atoms with Gasteiger partial charge in [-0.15, -0.1) is 11.8 Å². The third-order valence-electron chi connectivity index (χ3n) is 4.53. The Labute approximate surface area is 179 Å². The molecule has 0 radical (unpaired) electrons. The molecule has 0 spiro atoms. The molecular weight excluding hydrogens is 399 g/mol. The van der Waals surface area contributed by atoms with E-state index in [4.69, 9.17) is 0 Å². The topological polar surface area (TPSA) is 58.2 Å². The largest absolute Gasteiger partial charge is 0.325 e. The van der Waals surface area contributed by atoms with Crippen LogP contribution in [0.2, 0.25) is 0 Å². The van der Waals surface area contributed by atoms with Crippen molar-refractivity contribution in [3.05, 3.63) is 89.2 Å². The molecule has 0 aliphatic heterocycles. The number of halogens is 1. The van der Waals surface area contributed by atoms with Crippen molar-refractivity contribution in [1.82, 2.24) is 0 Å². The molecule has 0 bridgehead atoms. The SMILES string of the molecule is Cc1ccc(NC(=O)C(C)Sc2cccc(NC(=O)c3ccccc3F)c2)c(C)c1. The first-order chi connectivity index (χ1) is 14.3. The third-order valence-corrected chi connectivity index (χ3v) is 5.63. The number of aryl methyl sites for hydroxylation is 2. The Morgan fingerprint density at radius 1 is 0.933 bits per heavy atom. The van der Waals surface area contributed by atoms with Crippen molar-refractivity contribution < 1.29 is 14.0 Å². The molecule has 0 aromatic heterocycles. The summed E-state index contributed by atoms with van der Waals surface area (Å²) in [7, 11) is 0. The Balaban J connectivity index is 1.65. The normalized spacial score (nSPS) is 11.6. The first-order valence-corrected chi connectivity index (χ1v) is 10.4. The molecule has 0 saturated heterocycles. The lowest BCUT2D eigenvalue weighted by atomic mass is 10.1. The second-order valence-corrected chi connectivity index (χ2v) is 8.44. The van der Waals surface area contributed by atoms with Crippen LogP contribution in [0.1, 0.15) is 28.4 Å². The number of carbonyl (C=O) groups is 2. The molecular formula is C24H23FN2O2S. The van der Waals surface area contributed by atoms with Gasteiger partial charge in [-0.05, 0) is 62.7 Å². The van der Waals surface area contributed by atoms with Crippen molar-refractivity contribution >= 4 is 35.0 Å². The quantitative estimate of drug-likeness (QED) is 0.493. The fraction of sp³-hybridized carbons (Fsp3) is 0.167. The predicted molar refractivity (Wildman–Crippen MR) is 121 cm³/mol. The van der Waals surface area contributed by atoms with Crippen LogP contribution >= 0.6 is 11.8 Å². The first kappa shape index (κ1) is 21.6. The Kier molecular flexibility index (Phi) is 6.90. The van der Waals surface area contributed by atoms with Gasteiger partial charge in [0.15, 0.2) is 0 Å². The van der Waals surface area contributed by atoms with E-state index in [2.05, 4.69) is 10.6 Å². The van der Waals surface area contributed by atoms with Crippen molar-refractivity contribution in [1.29, 1.82) is 0 Å². The van der Waals surface area contributed by atoms with Gasteiger partial charge in [-0.3, -0.25) is 9.59 Å². The van der Waals surface area contributed by atoms with Gasteiger partial charge in [0, 0.05) is 16.3 Å². The van der Waals surface area contributed by atoms with E-state index in [0.717, 1.165) is 21.7 Å². The Morgan fingerprint density at radius 2 is 1.70 bits per heavy atom. The van der Waals surface area contributed by atoms with Gasteiger partial charge in [0.25, 0.3) is 5.91 Å². The van der Waals surface area contributed by atoms with Crippen LogP contribution in [-0.2, 0) is 4.79 Å². The van der Waals surface area contributed by atoms with E-state index >= 15 is 0 Å². The van der Waals surface area contributed by atoms with E-state index in [1.807, 2.05) is 45.0 Å². The number of amides is 2. The molecule has 3 aromatic rings. The van der Waals surface area contributed by atoms with Crippen LogP contribution in [0.4, 0.5) is 15.8 Å². The maximum atomic E-state index is 13.8. The van der Waals surface area contributed by atoms with Gasteiger partial charge >= 0.3 is 0 Å². The van der Waals surface area contributed by atoms with Gasteiger partial charge < -0.3 is 10.6 Å². The molecule has 1 unspecified atom stereocenters. The molecule has 2 amide bonds. The number of carbonyl (C=O) groups excluding carboxylic acids is 2. The predicted octanol–water partition coefficient (Wildman–Crippen LogP) is 5.81. The van der Waals surface area contributed by atoms with Crippen LogP contribution in [0.5, 0.6) is 0 Å². The molecule has 154 valence electrons. The molecule has 0 aliphatic carbocycles. The molecule has 0 aliphatic rings. The third kappa shape index (κ3) is 5.48. The number of hydrogen-bond acceptors (Lipinski definition) is 3. The van der Waals surface area contributed by atoms with Gasteiger partial charge in [0.1, 0.15) is 5.82 Å². The summed E-state index contributed by atoms with van der Waals surface area (Å²) in [6.45, 7) is 5.80. The highest BCUT2D eigenvalue weighted by atomic mass is 32.2. The summed E-state index contributed by atoms with van der Waals surface area (Å²) in [5.41, 5.74) is 3.47. The van der Waals surface area contributed by atoms with E-state index in [-0.39, 0.29) is 16.7 Å². The summed E-state index contributed by atoms with van der Waals surface area (Å²) in [4.78, 5) is 25.7. The summed E-state index contributed by atoms with van der Waals surface area (Å²) in [5.74, 6) is -1.19. The Morgan fingerprint density at radius 3 is 2.43 bits per heavy atom. The minimum atomic E-state index is -0.572. The second kappa shape index (κ2) is 9.59. The van der Waals surface area contributed by atoms with Crippen molar-refractivity contribution in [3.8, 4) is 0 Å². The maximum absolute atomic E-state index is 13.8. The molecule has 3 rings (SSSR count). The first-order valence-electron chi connectivity index (χ1n) is 9.54. The zero-order valence-electron chi connectivity index (χ0n) is 17.0. The Hall–Kier alpha value is -3.12. The van der Waals surface area contributed by atoms with Crippen LogP contribution in [0.25, 0.3) is 0 Å². The molecule has 6 heteroatoms. The van der Waals surface area contributed by atoms with E-state index in [1.165, 1.54) is 30.0 Å². The lowest BCUT2D eigenvalue weighted by molar-refractivity contribution is -0.115. The molecule has 2 N–H and O–H groups in total. The highest BCUT2D eigenvalue weighted by Gasteiger charge is 2.16. The highest BCUT2D eigenvalue weighted by Crippen LogP contribution is 2.27. The van der Waals surface area contributed by atoms with Crippen molar-refractivity contribution in [2.24, 2.45) is 0 Å². The summed E-state index contributed by atoms with van der Waals surface area (Å²) in [6, 6.07) is 18.9. The lowest BCUT2D eigenvalue weighted by Crippen LogP contribution is -2.22. The van der Waals surface area contributed by atoms with Crippen LogP contribution in [0, 0.1) is 19.7 Å². The van der Waals surface area contributed by atoms with Crippen LogP contribution in [-0.4, -0.2) is 17.1 Å². The number of rotatable bonds is 6. The zero-order valence-corrected chi connectivity index (χ0v) is 17.8. The number of hydrogen-bond donors (Lipinski definition) is 2. The average Bonchev–Trinajstić information content (AvgIpc) is 2.70. The molecule has 0 saturated carbocycles.